The molecule has 3 aliphatic carbocycles. The minimum atomic E-state index is 0.459. The van der Waals surface area contributed by atoms with Crippen LogP contribution in [-0.2, 0) is 4.74 Å². The molecule has 0 aromatic rings. The number of hydrogen-bond acceptors (Lipinski definition) is 1. The lowest BCUT2D eigenvalue weighted by atomic mass is 9.85. The van der Waals surface area contributed by atoms with Crippen LogP contribution in [0, 0.1) is 22.7 Å². The summed E-state index contributed by atoms with van der Waals surface area (Å²) in [5.41, 5.74) is 2.23. The van der Waals surface area contributed by atoms with Gasteiger partial charge >= 0.3 is 0 Å². The normalized spacial score (nSPS) is 33.8. The van der Waals surface area contributed by atoms with Gasteiger partial charge in [-0.1, -0.05) is 0 Å². The van der Waals surface area contributed by atoms with E-state index in [-0.39, 0.29) is 0 Å². The van der Waals surface area contributed by atoms with E-state index in [9.17, 15) is 0 Å². The van der Waals surface area contributed by atoms with Gasteiger partial charge in [-0.15, -0.1) is 0 Å². The average Bonchev–Trinajstić information content (AvgIpc) is 2.86. The fraction of sp³-hybridized carbons (Fsp3) is 0.667. The Hall–Kier alpha value is -0.900. The first-order chi connectivity index (χ1) is 6.32. The van der Waals surface area contributed by atoms with Gasteiger partial charge in [0.1, 0.15) is 11.3 Å². The van der Waals surface area contributed by atoms with Crippen LogP contribution in [0.15, 0.2) is 11.3 Å². The molecule has 3 fully saturated rings. The number of rotatable bonds is 0. The maximum Gasteiger partial charge on any atom is 0.126 e. The molecule has 0 unspecified atom stereocenters. The van der Waals surface area contributed by atoms with E-state index >= 15 is 0 Å². The summed E-state index contributed by atoms with van der Waals surface area (Å²) in [6.45, 7) is 0.969. The summed E-state index contributed by atoms with van der Waals surface area (Å²) < 4.78 is 5.91. The standard InChI is InChI=1S/C12H12O/c1-2-9(1)10-12(5-6-12)7-11(3-4-11)8-13-10/h3-8H2. The second-order valence-corrected chi connectivity index (χ2v) is 5.20. The molecule has 2 saturated carbocycles. The van der Waals surface area contributed by atoms with Crippen molar-refractivity contribution in [1.82, 2.24) is 0 Å². The van der Waals surface area contributed by atoms with Gasteiger partial charge in [0.2, 0.25) is 0 Å². The molecule has 4 aliphatic rings. The minimum absolute atomic E-state index is 0.459. The van der Waals surface area contributed by atoms with Gasteiger partial charge in [0, 0.05) is 10.8 Å². The summed E-state index contributed by atoms with van der Waals surface area (Å²) in [5.74, 6) is 7.34. The molecule has 0 radical (unpaired) electrons. The Morgan fingerprint density at radius 1 is 1.08 bits per heavy atom. The highest BCUT2D eigenvalue weighted by atomic mass is 16.5. The maximum absolute atomic E-state index is 5.91. The van der Waals surface area contributed by atoms with E-state index in [0.717, 1.165) is 12.2 Å². The zero-order chi connectivity index (χ0) is 8.52. The van der Waals surface area contributed by atoms with E-state index in [1.54, 1.807) is 0 Å². The molecule has 0 N–H and O–H groups in total. The van der Waals surface area contributed by atoms with Gasteiger partial charge in [-0.3, -0.25) is 0 Å². The predicted octanol–water partition coefficient (Wildman–Crippen LogP) is 2.24. The Balaban J connectivity index is 1.71. The van der Waals surface area contributed by atoms with Crippen LogP contribution < -0.4 is 0 Å². The fourth-order valence-electron chi connectivity index (χ4n) is 2.76. The van der Waals surface area contributed by atoms with Crippen LogP contribution in [0.25, 0.3) is 0 Å². The zero-order valence-corrected chi connectivity index (χ0v) is 7.65. The van der Waals surface area contributed by atoms with Gasteiger partial charge in [0.25, 0.3) is 0 Å². The molecule has 1 heterocycles. The zero-order valence-electron chi connectivity index (χ0n) is 7.65. The largest absolute Gasteiger partial charge is 0.495 e. The Morgan fingerprint density at radius 2 is 1.85 bits per heavy atom. The van der Waals surface area contributed by atoms with Crippen LogP contribution in [0.3, 0.4) is 0 Å². The van der Waals surface area contributed by atoms with Gasteiger partial charge in [-0.05, 0) is 43.9 Å². The van der Waals surface area contributed by atoms with Gasteiger partial charge in [-0.2, -0.15) is 0 Å². The van der Waals surface area contributed by atoms with E-state index in [1.165, 1.54) is 37.9 Å². The molecule has 2 spiro atoms. The second-order valence-electron chi connectivity index (χ2n) is 5.20. The first-order valence-electron chi connectivity index (χ1n) is 5.22. The van der Waals surface area contributed by atoms with Gasteiger partial charge in [0.05, 0.1) is 6.61 Å². The minimum Gasteiger partial charge on any atom is -0.495 e. The summed E-state index contributed by atoms with van der Waals surface area (Å²) in [6.07, 6.45) is 6.88. The van der Waals surface area contributed by atoms with Crippen molar-refractivity contribution in [3.05, 3.63) is 11.3 Å². The van der Waals surface area contributed by atoms with E-state index in [0.29, 0.717) is 10.8 Å². The van der Waals surface area contributed by atoms with Crippen LogP contribution in [0.2, 0.25) is 0 Å². The van der Waals surface area contributed by atoms with E-state index in [1.807, 2.05) is 0 Å². The number of ether oxygens (including phenoxy) is 1. The van der Waals surface area contributed by atoms with Crippen molar-refractivity contribution in [1.29, 1.82) is 0 Å². The molecule has 0 atom stereocenters. The molecule has 1 aliphatic heterocycles. The molecule has 1 heteroatoms. The molecule has 4 rings (SSSR count). The third kappa shape index (κ3) is 0.790. The van der Waals surface area contributed by atoms with E-state index < -0.39 is 0 Å². The van der Waals surface area contributed by atoms with Crippen molar-refractivity contribution in [2.45, 2.75) is 32.1 Å². The average molecular weight is 172 g/mol. The highest BCUT2D eigenvalue weighted by Gasteiger charge is 2.61. The lowest BCUT2D eigenvalue weighted by molar-refractivity contribution is 0.0554. The maximum atomic E-state index is 5.91. The molecule has 1 saturated heterocycles. The summed E-state index contributed by atoms with van der Waals surface area (Å²) in [4.78, 5) is 0. The number of hydrogen-bond donors (Lipinski definition) is 0. The highest BCUT2D eigenvalue weighted by Crippen LogP contribution is 2.68. The van der Waals surface area contributed by atoms with Crippen molar-refractivity contribution in [2.75, 3.05) is 6.61 Å². The summed E-state index contributed by atoms with van der Waals surface area (Å²) in [7, 11) is 0. The molecule has 0 amide bonds. The Morgan fingerprint density at radius 3 is 2.38 bits per heavy atom. The second kappa shape index (κ2) is 1.66. The molecule has 0 bridgehead atoms. The van der Waals surface area contributed by atoms with Gasteiger partial charge in [0.15, 0.2) is 0 Å². The number of allylic oxidation sites excluding steroid dienone is 2. The molecule has 1 nitrogen and oxygen atoms in total. The van der Waals surface area contributed by atoms with Crippen LogP contribution >= 0.6 is 0 Å². The molecular weight excluding hydrogens is 160 g/mol. The summed E-state index contributed by atoms with van der Waals surface area (Å²) in [5, 5.41) is 0. The third-order valence-corrected chi connectivity index (χ3v) is 4.01. The van der Waals surface area contributed by atoms with Crippen molar-refractivity contribution in [3.63, 3.8) is 0 Å². The Kier molecular flexibility index (Phi) is 0.836. The van der Waals surface area contributed by atoms with E-state index in [4.69, 9.17) is 4.74 Å². The van der Waals surface area contributed by atoms with Gasteiger partial charge in [-0.25, -0.2) is 0 Å². The van der Waals surface area contributed by atoms with E-state index in [2.05, 4.69) is 11.8 Å². The highest BCUT2D eigenvalue weighted by molar-refractivity contribution is 5.63. The van der Waals surface area contributed by atoms with Crippen LogP contribution in [0.5, 0.6) is 0 Å². The van der Waals surface area contributed by atoms with Crippen molar-refractivity contribution in [2.24, 2.45) is 10.8 Å². The van der Waals surface area contributed by atoms with Crippen molar-refractivity contribution in [3.8, 4) is 11.8 Å². The van der Waals surface area contributed by atoms with Crippen molar-refractivity contribution < 1.29 is 4.74 Å². The SMILES string of the molecule is C1#CC1=C1OCC2(CC2)CC12CC2. The molecule has 0 aromatic heterocycles. The quantitative estimate of drug-likeness (QED) is 0.509. The smallest absolute Gasteiger partial charge is 0.126 e. The first-order valence-corrected chi connectivity index (χ1v) is 5.22. The molecule has 66 valence electrons. The monoisotopic (exact) mass is 172 g/mol. The fourth-order valence-corrected chi connectivity index (χ4v) is 2.76. The Bertz CT molecular complexity index is 373. The summed E-state index contributed by atoms with van der Waals surface area (Å²) in [6, 6.07) is 0. The topological polar surface area (TPSA) is 9.23 Å². The molecule has 13 heavy (non-hydrogen) atoms. The van der Waals surface area contributed by atoms with Crippen LogP contribution in [0.1, 0.15) is 32.1 Å². The van der Waals surface area contributed by atoms with Crippen LogP contribution in [0.4, 0.5) is 0 Å². The summed E-state index contributed by atoms with van der Waals surface area (Å²) >= 11 is 0. The van der Waals surface area contributed by atoms with Gasteiger partial charge < -0.3 is 4.74 Å². The van der Waals surface area contributed by atoms with Crippen LogP contribution in [-0.4, -0.2) is 6.61 Å². The Labute approximate surface area is 78.2 Å². The molecule has 0 aromatic carbocycles. The molecular formula is C12H12O. The third-order valence-electron chi connectivity index (χ3n) is 4.01. The van der Waals surface area contributed by atoms with Crippen molar-refractivity contribution >= 4 is 0 Å². The predicted molar refractivity (Wildman–Crippen MR) is 48.7 cm³/mol. The first kappa shape index (κ1) is 6.54. The lowest BCUT2D eigenvalue weighted by Crippen LogP contribution is -2.26. The lowest BCUT2D eigenvalue weighted by Gasteiger charge is -2.32.